The monoisotopic (exact) mass is 501 g/mol. The molecule has 0 bridgehead atoms. The molecular formula is C25H35N5O6. The number of carboxylic acids is 1. The highest BCUT2D eigenvalue weighted by Crippen LogP contribution is 2.20. The molecule has 1 saturated heterocycles. The average Bonchev–Trinajstić information content (AvgIpc) is 3.55. The number of hydrogen-bond donors (Lipinski definition) is 7. The van der Waals surface area contributed by atoms with Crippen LogP contribution >= 0.6 is 0 Å². The van der Waals surface area contributed by atoms with Gasteiger partial charge in [-0.1, -0.05) is 38.5 Å². The molecule has 2 heterocycles. The SMILES string of the molecule is CCC(C)C(NC(=O)C(Cc1c[nH]c2ccccc12)NC(=O)C1CCCN1)C(=O)NC(CO)C(=O)O. The Morgan fingerprint density at radius 1 is 1.08 bits per heavy atom. The van der Waals surface area contributed by atoms with Crippen molar-refractivity contribution in [1.82, 2.24) is 26.3 Å². The van der Waals surface area contributed by atoms with Gasteiger partial charge in [0.25, 0.3) is 0 Å². The zero-order valence-electron chi connectivity index (χ0n) is 20.5. The molecule has 11 nitrogen and oxygen atoms in total. The number of carbonyl (C=O) groups excluding carboxylic acids is 3. The van der Waals surface area contributed by atoms with Crippen LogP contribution in [0.15, 0.2) is 30.5 Å². The van der Waals surface area contributed by atoms with Crippen molar-refractivity contribution < 1.29 is 29.4 Å². The molecule has 5 atom stereocenters. The fourth-order valence-electron chi connectivity index (χ4n) is 4.31. The molecular weight excluding hydrogens is 466 g/mol. The number of para-hydroxylation sites is 1. The van der Waals surface area contributed by atoms with Gasteiger partial charge in [0.15, 0.2) is 0 Å². The first-order chi connectivity index (χ1) is 17.2. The Morgan fingerprint density at radius 3 is 2.47 bits per heavy atom. The van der Waals surface area contributed by atoms with E-state index >= 15 is 0 Å². The minimum atomic E-state index is -1.49. The van der Waals surface area contributed by atoms with E-state index in [9.17, 15) is 29.4 Å². The summed E-state index contributed by atoms with van der Waals surface area (Å²) in [7, 11) is 0. The van der Waals surface area contributed by atoms with Crippen LogP contribution in [0.4, 0.5) is 0 Å². The van der Waals surface area contributed by atoms with Crippen LogP contribution in [0.2, 0.25) is 0 Å². The molecule has 7 N–H and O–H groups in total. The largest absolute Gasteiger partial charge is 0.480 e. The number of rotatable bonds is 12. The van der Waals surface area contributed by atoms with Crippen LogP contribution in [0.25, 0.3) is 10.9 Å². The molecule has 2 aromatic rings. The van der Waals surface area contributed by atoms with Gasteiger partial charge >= 0.3 is 5.97 Å². The lowest BCUT2D eigenvalue weighted by atomic mass is 9.96. The number of amides is 3. The Bertz CT molecular complexity index is 1080. The summed E-state index contributed by atoms with van der Waals surface area (Å²) in [5, 5.41) is 30.4. The first-order valence-electron chi connectivity index (χ1n) is 12.3. The molecule has 0 aliphatic carbocycles. The maximum Gasteiger partial charge on any atom is 0.328 e. The Kier molecular flexibility index (Phi) is 9.43. The van der Waals surface area contributed by atoms with Crippen LogP contribution < -0.4 is 21.3 Å². The van der Waals surface area contributed by atoms with Gasteiger partial charge in [-0.3, -0.25) is 14.4 Å². The number of aromatic nitrogens is 1. The molecule has 36 heavy (non-hydrogen) atoms. The zero-order valence-corrected chi connectivity index (χ0v) is 20.5. The minimum absolute atomic E-state index is 0.192. The van der Waals surface area contributed by atoms with E-state index < -0.39 is 48.6 Å². The zero-order chi connectivity index (χ0) is 26.2. The predicted molar refractivity (Wildman–Crippen MR) is 133 cm³/mol. The van der Waals surface area contributed by atoms with Crippen molar-refractivity contribution in [2.24, 2.45) is 5.92 Å². The van der Waals surface area contributed by atoms with E-state index in [1.807, 2.05) is 31.2 Å². The van der Waals surface area contributed by atoms with Gasteiger partial charge in [-0.2, -0.15) is 0 Å². The molecule has 0 spiro atoms. The molecule has 0 radical (unpaired) electrons. The third kappa shape index (κ3) is 6.61. The molecule has 1 aliphatic heterocycles. The van der Waals surface area contributed by atoms with E-state index in [2.05, 4.69) is 26.3 Å². The second-order valence-electron chi connectivity index (χ2n) is 9.23. The summed E-state index contributed by atoms with van der Waals surface area (Å²) in [5.74, 6) is -3.27. The van der Waals surface area contributed by atoms with Gasteiger partial charge < -0.3 is 36.5 Å². The second kappa shape index (κ2) is 12.5. The lowest BCUT2D eigenvalue weighted by molar-refractivity contribution is -0.143. The first kappa shape index (κ1) is 27.2. The number of nitrogens with one attached hydrogen (secondary N) is 5. The summed E-state index contributed by atoms with van der Waals surface area (Å²) in [6.45, 7) is 3.54. The Morgan fingerprint density at radius 2 is 1.83 bits per heavy atom. The van der Waals surface area contributed by atoms with E-state index in [4.69, 9.17) is 0 Å². The van der Waals surface area contributed by atoms with Crippen LogP contribution in [0.5, 0.6) is 0 Å². The smallest absolute Gasteiger partial charge is 0.328 e. The van der Waals surface area contributed by atoms with Gasteiger partial charge in [-0.15, -0.1) is 0 Å². The summed E-state index contributed by atoms with van der Waals surface area (Å²) in [4.78, 5) is 53.7. The third-order valence-electron chi connectivity index (χ3n) is 6.70. The fourth-order valence-corrected chi connectivity index (χ4v) is 4.31. The summed E-state index contributed by atoms with van der Waals surface area (Å²) >= 11 is 0. The second-order valence-corrected chi connectivity index (χ2v) is 9.23. The van der Waals surface area contributed by atoms with Crippen LogP contribution in [0, 0.1) is 5.92 Å². The topological polar surface area (TPSA) is 173 Å². The van der Waals surface area contributed by atoms with Gasteiger partial charge in [0.05, 0.1) is 12.6 Å². The quantitative estimate of drug-likeness (QED) is 0.215. The summed E-state index contributed by atoms with van der Waals surface area (Å²) in [5.41, 5.74) is 1.73. The highest BCUT2D eigenvalue weighted by molar-refractivity contribution is 5.95. The summed E-state index contributed by atoms with van der Waals surface area (Å²) < 4.78 is 0. The number of benzene rings is 1. The van der Waals surface area contributed by atoms with Crippen LogP contribution in [-0.4, -0.2) is 76.2 Å². The van der Waals surface area contributed by atoms with Crippen LogP contribution in [-0.2, 0) is 25.6 Å². The maximum absolute atomic E-state index is 13.5. The average molecular weight is 502 g/mol. The number of aliphatic carboxylic acids is 1. The molecule has 1 aromatic heterocycles. The number of carbonyl (C=O) groups is 4. The molecule has 0 saturated carbocycles. The molecule has 3 rings (SSSR count). The molecule has 1 aliphatic rings. The van der Waals surface area contributed by atoms with E-state index in [0.29, 0.717) is 12.8 Å². The van der Waals surface area contributed by atoms with Crippen LogP contribution in [0.1, 0.15) is 38.7 Å². The van der Waals surface area contributed by atoms with E-state index in [-0.39, 0.29) is 18.2 Å². The number of aliphatic hydroxyl groups excluding tert-OH is 1. The van der Waals surface area contributed by atoms with E-state index in [1.165, 1.54) is 0 Å². The van der Waals surface area contributed by atoms with Crippen molar-refractivity contribution >= 4 is 34.6 Å². The van der Waals surface area contributed by atoms with Gasteiger partial charge in [-0.05, 0) is 36.9 Å². The van der Waals surface area contributed by atoms with Crippen molar-refractivity contribution in [1.29, 1.82) is 0 Å². The Labute approximate surface area is 209 Å². The van der Waals surface area contributed by atoms with Crippen molar-refractivity contribution in [2.75, 3.05) is 13.2 Å². The molecule has 11 heteroatoms. The molecule has 196 valence electrons. The number of fused-ring (bicyclic) bond motifs is 1. The third-order valence-corrected chi connectivity index (χ3v) is 6.70. The van der Waals surface area contributed by atoms with E-state index in [1.54, 1.807) is 13.1 Å². The van der Waals surface area contributed by atoms with Gasteiger partial charge in [0, 0.05) is 23.5 Å². The number of carboxylic acid groups (broad SMARTS) is 1. The highest BCUT2D eigenvalue weighted by atomic mass is 16.4. The van der Waals surface area contributed by atoms with Gasteiger partial charge in [0.1, 0.15) is 18.1 Å². The first-order valence-corrected chi connectivity index (χ1v) is 12.3. The van der Waals surface area contributed by atoms with E-state index in [0.717, 1.165) is 29.4 Å². The molecule has 1 fully saturated rings. The standard InChI is InChI=1S/C25H35N5O6/c1-3-14(2)21(24(34)29-20(13-31)25(35)36)30-23(33)19(28-22(32)18-9-6-10-26-18)11-15-12-27-17-8-5-4-7-16(15)17/h4-5,7-8,12,14,18-21,26-27,31H,3,6,9-11,13H2,1-2H3,(H,28,32)(H,29,34)(H,30,33)(H,35,36). The number of aromatic amines is 1. The predicted octanol–water partition coefficient (Wildman–Crippen LogP) is 0.0398. The molecule has 3 amide bonds. The Balaban J connectivity index is 1.82. The number of aliphatic hydroxyl groups is 1. The van der Waals surface area contributed by atoms with Gasteiger partial charge in [-0.25, -0.2) is 4.79 Å². The van der Waals surface area contributed by atoms with Crippen molar-refractivity contribution in [2.45, 2.75) is 63.7 Å². The van der Waals surface area contributed by atoms with Crippen LogP contribution in [0.3, 0.4) is 0 Å². The number of H-pyrrole nitrogens is 1. The Hall–Kier alpha value is -3.44. The lowest BCUT2D eigenvalue weighted by Gasteiger charge is -2.28. The number of hydrogen-bond acceptors (Lipinski definition) is 6. The maximum atomic E-state index is 13.5. The highest BCUT2D eigenvalue weighted by Gasteiger charge is 2.33. The normalized spacial score (nSPS) is 18.7. The summed E-state index contributed by atoms with van der Waals surface area (Å²) in [6.07, 6.45) is 4.05. The molecule has 5 unspecified atom stereocenters. The minimum Gasteiger partial charge on any atom is -0.480 e. The lowest BCUT2D eigenvalue weighted by Crippen LogP contribution is -2.59. The fraction of sp³-hybridized carbons (Fsp3) is 0.520. The molecule has 1 aromatic carbocycles. The van der Waals surface area contributed by atoms with Crippen molar-refractivity contribution in [3.05, 3.63) is 36.0 Å². The van der Waals surface area contributed by atoms with Gasteiger partial charge in [0.2, 0.25) is 17.7 Å². The summed E-state index contributed by atoms with van der Waals surface area (Å²) in [6, 6.07) is 3.72. The van der Waals surface area contributed by atoms with Crippen molar-refractivity contribution in [3.63, 3.8) is 0 Å². The van der Waals surface area contributed by atoms with Crippen molar-refractivity contribution in [3.8, 4) is 0 Å².